The minimum Gasteiger partial charge on any atom is -0.375 e. The van der Waals surface area contributed by atoms with Crippen molar-refractivity contribution in [3.8, 4) is 0 Å². The molecule has 4 atom stereocenters. The standard InChI is InChI=1S/C18H35NO2/c1-13(2)19-11-15-6-7-16(21-15)12-20-17-8-14(3)9-18(4,5)10-17/h13-17,19H,6-12H2,1-5H3. The van der Waals surface area contributed by atoms with Crippen molar-refractivity contribution in [1.29, 1.82) is 0 Å². The second kappa shape index (κ2) is 7.43. The highest BCUT2D eigenvalue weighted by atomic mass is 16.5. The molecule has 3 heteroatoms. The van der Waals surface area contributed by atoms with Gasteiger partial charge in [0.15, 0.2) is 0 Å². The molecule has 4 unspecified atom stereocenters. The Labute approximate surface area is 131 Å². The van der Waals surface area contributed by atoms with Crippen LogP contribution in [0.25, 0.3) is 0 Å². The van der Waals surface area contributed by atoms with Crippen molar-refractivity contribution in [1.82, 2.24) is 5.32 Å². The maximum Gasteiger partial charge on any atom is 0.0814 e. The highest BCUT2D eigenvalue weighted by molar-refractivity contribution is 4.84. The van der Waals surface area contributed by atoms with Crippen molar-refractivity contribution >= 4 is 0 Å². The largest absolute Gasteiger partial charge is 0.375 e. The predicted octanol–water partition coefficient (Wildman–Crippen LogP) is 3.76. The maximum absolute atomic E-state index is 6.20. The van der Waals surface area contributed by atoms with Crippen molar-refractivity contribution in [2.45, 2.75) is 91.1 Å². The second-order valence-electron chi connectivity index (χ2n) is 8.39. The molecule has 2 fully saturated rings. The van der Waals surface area contributed by atoms with E-state index in [2.05, 4.69) is 39.9 Å². The van der Waals surface area contributed by atoms with Gasteiger partial charge in [0.2, 0.25) is 0 Å². The summed E-state index contributed by atoms with van der Waals surface area (Å²) in [4.78, 5) is 0. The summed E-state index contributed by atoms with van der Waals surface area (Å²) in [7, 11) is 0. The lowest BCUT2D eigenvalue weighted by atomic mass is 9.71. The van der Waals surface area contributed by atoms with E-state index in [9.17, 15) is 0 Å². The van der Waals surface area contributed by atoms with Crippen molar-refractivity contribution in [2.24, 2.45) is 11.3 Å². The molecule has 0 bridgehead atoms. The Hall–Kier alpha value is -0.120. The molecule has 1 aliphatic heterocycles. The summed E-state index contributed by atoms with van der Waals surface area (Å²) in [6, 6.07) is 0.537. The average molecular weight is 297 g/mol. The molecule has 124 valence electrons. The Morgan fingerprint density at radius 3 is 2.57 bits per heavy atom. The monoisotopic (exact) mass is 297 g/mol. The van der Waals surface area contributed by atoms with Crippen LogP contribution in [0.3, 0.4) is 0 Å². The average Bonchev–Trinajstić information content (AvgIpc) is 2.79. The molecule has 3 nitrogen and oxygen atoms in total. The Bertz CT molecular complexity index is 316. The van der Waals surface area contributed by atoms with Crippen LogP contribution < -0.4 is 5.32 Å². The lowest BCUT2D eigenvalue weighted by Crippen LogP contribution is -2.35. The third kappa shape index (κ3) is 5.88. The third-order valence-electron chi connectivity index (χ3n) is 4.81. The van der Waals surface area contributed by atoms with Crippen LogP contribution in [-0.2, 0) is 9.47 Å². The Balaban J connectivity index is 1.67. The van der Waals surface area contributed by atoms with Crippen molar-refractivity contribution in [3.05, 3.63) is 0 Å². The summed E-state index contributed by atoms with van der Waals surface area (Å²) in [6.45, 7) is 13.2. The van der Waals surface area contributed by atoms with Crippen LogP contribution in [0.4, 0.5) is 0 Å². The van der Waals surface area contributed by atoms with E-state index in [0.717, 1.165) is 25.5 Å². The lowest BCUT2D eigenvalue weighted by Gasteiger charge is -2.39. The highest BCUT2D eigenvalue weighted by Crippen LogP contribution is 2.39. The van der Waals surface area contributed by atoms with E-state index in [4.69, 9.17) is 9.47 Å². The molecule has 0 aromatic carbocycles. The maximum atomic E-state index is 6.20. The van der Waals surface area contributed by atoms with Gasteiger partial charge in [-0.3, -0.25) is 0 Å². The van der Waals surface area contributed by atoms with Crippen LogP contribution in [0, 0.1) is 11.3 Å². The van der Waals surface area contributed by atoms with E-state index in [1.807, 2.05) is 0 Å². The number of nitrogens with one attached hydrogen (secondary N) is 1. The summed E-state index contributed by atoms with van der Waals surface area (Å²) >= 11 is 0. The fourth-order valence-electron chi connectivity index (χ4n) is 4.05. The van der Waals surface area contributed by atoms with E-state index >= 15 is 0 Å². The van der Waals surface area contributed by atoms with Crippen LogP contribution in [0.5, 0.6) is 0 Å². The molecule has 1 saturated heterocycles. The van der Waals surface area contributed by atoms with E-state index in [-0.39, 0.29) is 0 Å². The molecule has 0 amide bonds. The van der Waals surface area contributed by atoms with Gasteiger partial charge in [-0.2, -0.15) is 0 Å². The van der Waals surface area contributed by atoms with Crippen LogP contribution in [-0.4, -0.2) is 37.5 Å². The van der Waals surface area contributed by atoms with Gasteiger partial charge in [0, 0.05) is 12.6 Å². The van der Waals surface area contributed by atoms with Gasteiger partial charge in [0.25, 0.3) is 0 Å². The van der Waals surface area contributed by atoms with Gasteiger partial charge < -0.3 is 14.8 Å². The van der Waals surface area contributed by atoms with E-state index in [1.165, 1.54) is 25.7 Å². The van der Waals surface area contributed by atoms with Gasteiger partial charge >= 0.3 is 0 Å². The topological polar surface area (TPSA) is 30.5 Å². The van der Waals surface area contributed by atoms with Gasteiger partial charge in [0.05, 0.1) is 24.9 Å². The lowest BCUT2D eigenvalue weighted by molar-refractivity contribution is -0.0717. The Morgan fingerprint density at radius 2 is 1.90 bits per heavy atom. The van der Waals surface area contributed by atoms with Crippen LogP contribution in [0.1, 0.15) is 66.7 Å². The normalized spacial score (nSPS) is 36.3. The van der Waals surface area contributed by atoms with Gasteiger partial charge in [0.1, 0.15) is 0 Å². The fraction of sp³-hybridized carbons (Fsp3) is 1.00. The summed E-state index contributed by atoms with van der Waals surface area (Å²) in [5, 5.41) is 3.46. The number of rotatable bonds is 6. The first-order valence-electron chi connectivity index (χ1n) is 8.84. The molecule has 1 aliphatic carbocycles. The summed E-state index contributed by atoms with van der Waals surface area (Å²) in [5.74, 6) is 0.784. The molecular formula is C18H35NO2. The van der Waals surface area contributed by atoms with Crippen LogP contribution in [0.2, 0.25) is 0 Å². The Kier molecular flexibility index (Phi) is 6.10. The quantitative estimate of drug-likeness (QED) is 0.809. The minimum atomic E-state index is 0.310. The molecule has 1 heterocycles. The zero-order chi connectivity index (χ0) is 15.5. The molecule has 0 aromatic rings. The SMILES string of the molecule is CC1CC(OCC2CCC(CNC(C)C)O2)CC(C)(C)C1. The minimum absolute atomic E-state index is 0.310. The molecule has 0 spiro atoms. The zero-order valence-electron chi connectivity index (χ0n) is 14.7. The molecular weight excluding hydrogens is 262 g/mol. The smallest absolute Gasteiger partial charge is 0.0814 e. The van der Waals surface area contributed by atoms with Gasteiger partial charge in [-0.15, -0.1) is 0 Å². The summed E-state index contributed by atoms with van der Waals surface area (Å²) in [5.41, 5.74) is 0.433. The highest BCUT2D eigenvalue weighted by Gasteiger charge is 2.33. The van der Waals surface area contributed by atoms with Crippen molar-refractivity contribution < 1.29 is 9.47 Å². The second-order valence-corrected chi connectivity index (χ2v) is 8.39. The first kappa shape index (κ1) is 17.2. The van der Waals surface area contributed by atoms with Gasteiger partial charge in [-0.05, 0) is 43.4 Å². The van der Waals surface area contributed by atoms with Gasteiger partial charge in [-0.25, -0.2) is 0 Å². The third-order valence-corrected chi connectivity index (χ3v) is 4.81. The van der Waals surface area contributed by atoms with Gasteiger partial charge in [-0.1, -0.05) is 34.6 Å². The molecule has 2 rings (SSSR count). The number of hydrogen-bond acceptors (Lipinski definition) is 3. The zero-order valence-corrected chi connectivity index (χ0v) is 14.7. The Morgan fingerprint density at radius 1 is 1.19 bits per heavy atom. The van der Waals surface area contributed by atoms with E-state index in [0.29, 0.717) is 29.8 Å². The summed E-state index contributed by atoms with van der Waals surface area (Å²) in [6.07, 6.45) is 7.18. The van der Waals surface area contributed by atoms with Crippen molar-refractivity contribution in [2.75, 3.05) is 13.2 Å². The van der Waals surface area contributed by atoms with Crippen LogP contribution in [0.15, 0.2) is 0 Å². The van der Waals surface area contributed by atoms with Crippen LogP contribution >= 0.6 is 0 Å². The van der Waals surface area contributed by atoms with Crippen molar-refractivity contribution in [3.63, 3.8) is 0 Å². The van der Waals surface area contributed by atoms with E-state index in [1.54, 1.807) is 0 Å². The first-order valence-corrected chi connectivity index (χ1v) is 8.84. The molecule has 1 N–H and O–H groups in total. The molecule has 21 heavy (non-hydrogen) atoms. The molecule has 0 radical (unpaired) electrons. The molecule has 0 aromatic heterocycles. The molecule has 2 aliphatic rings. The number of ether oxygens (including phenoxy) is 2. The van der Waals surface area contributed by atoms with E-state index < -0.39 is 0 Å². The fourth-order valence-corrected chi connectivity index (χ4v) is 4.05. The number of hydrogen-bond donors (Lipinski definition) is 1. The first-order chi connectivity index (χ1) is 9.84. The predicted molar refractivity (Wildman–Crippen MR) is 87.6 cm³/mol. The summed E-state index contributed by atoms with van der Waals surface area (Å²) < 4.78 is 12.3. The molecule has 1 saturated carbocycles.